The van der Waals surface area contributed by atoms with E-state index >= 15 is 0 Å². The van der Waals surface area contributed by atoms with Crippen LogP contribution in [0.2, 0.25) is 0 Å². The molecule has 2 fully saturated rings. The van der Waals surface area contributed by atoms with Crippen molar-refractivity contribution in [2.24, 2.45) is 0 Å². The third-order valence-electron chi connectivity index (χ3n) is 3.00. The monoisotopic (exact) mass is 312 g/mol. The molecule has 0 spiro atoms. The van der Waals surface area contributed by atoms with Gasteiger partial charge >= 0.3 is 6.18 Å². The third kappa shape index (κ3) is 45.1. The first-order valence-electron chi connectivity index (χ1n) is 9.07. The summed E-state index contributed by atoms with van der Waals surface area (Å²) in [6.45, 7) is 8.19. The molecule has 0 amide bonds. The predicted molar refractivity (Wildman–Crippen MR) is 89.8 cm³/mol. The van der Waals surface area contributed by atoms with Crippen LogP contribution in [0.15, 0.2) is 0 Å². The van der Waals surface area contributed by atoms with E-state index in [0.29, 0.717) is 0 Å². The summed E-state index contributed by atoms with van der Waals surface area (Å²) in [6.07, 6.45) is 14.0. The molecule has 0 bridgehead atoms. The lowest BCUT2D eigenvalue weighted by Gasteiger charge is -2.05. The van der Waals surface area contributed by atoms with Crippen LogP contribution < -0.4 is 0 Å². The van der Waals surface area contributed by atoms with Gasteiger partial charge in [-0.05, 0) is 0 Å². The first kappa shape index (κ1) is 25.7. The lowest BCUT2D eigenvalue weighted by atomic mass is 10.0. The van der Waals surface area contributed by atoms with Crippen LogP contribution in [0.3, 0.4) is 0 Å². The van der Waals surface area contributed by atoms with Gasteiger partial charge in [0.15, 0.2) is 0 Å². The van der Waals surface area contributed by atoms with Gasteiger partial charge in [-0.2, -0.15) is 13.2 Å². The molecule has 0 saturated heterocycles. The second kappa shape index (κ2) is 22.1. The SMILES string of the molecule is C1CCCCC1.C1CCCCC1.CC.CC.CC(F)(F)F. The van der Waals surface area contributed by atoms with Gasteiger partial charge in [0, 0.05) is 6.92 Å². The van der Waals surface area contributed by atoms with Gasteiger partial charge in [-0.1, -0.05) is 105 Å². The van der Waals surface area contributed by atoms with Crippen LogP contribution in [0.5, 0.6) is 0 Å². The Hall–Kier alpha value is -0.210. The largest absolute Gasteiger partial charge is 0.386 e. The first-order chi connectivity index (χ1) is 10.0. The van der Waals surface area contributed by atoms with Gasteiger partial charge in [-0.15, -0.1) is 0 Å². The van der Waals surface area contributed by atoms with Crippen molar-refractivity contribution in [3.8, 4) is 0 Å². The van der Waals surface area contributed by atoms with Crippen molar-refractivity contribution in [3.63, 3.8) is 0 Å². The molecule has 2 aliphatic carbocycles. The molecule has 2 saturated carbocycles. The normalized spacial score (nSPS) is 17.1. The summed E-state index contributed by atoms with van der Waals surface area (Å²) < 4.78 is 31.1. The van der Waals surface area contributed by atoms with Crippen molar-refractivity contribution < 1.29 is 13.2 Å². The summed E-state index contributed by atoms with van der Waals surface area (Å²) in [5, 5.41) is 0. The Morgan fingerprint density at radius 2 is 0.476 bits per heavy atom. The molecule has 132 valence electrons. The number of halogens is 3. The molecule has 2 rings (SSSR count). The minimum absolute atomic E-state index is 0.188. The molecule has 3 heteroatoms. The van der Waals surface area contributed by atoms with E-state index in [9.17, 15) is 13.2 Å². The Bertz CT molecular complexity index is 104. The van der Waals surface area contributed by atoms with Crippen molar-refractivity contribution >= 4 is 0 Å². The minimum atomic E-state index is -4.00. The highest BCUT2D eigenvalue weighted by molar-refractivity contribution is 4.51. The van der Waals surface area contributed by atoms with E-state index < -0.39 is 6.18 Å². The molecule has 2 aliphatic rings. The van der Waals surface area contributed by atoms with E-state index in [2.05, 4.69) is 0 Å². The van der Waals surface area contributed by atoms with E-state index in [4.69, 9.17) is 0 Å². The van der Waals surface area contributed by atoms with Gasteiger partial charge in [0.25, 0.3) is 0 Å². The smallest absolute Gasteiger partial charge is 0.172 e. The van der Waals surface area contributed by atoms with Gasteiger partial charge in [-0.25, -0.2) is 0 Å². The zero-order chi connectivity index (χ0) is 17.0. The van der Waals surface area contributed by atoms with E-state index in [1.54, 1.807) is 0 Å². The van der Waals surface area contributed by atoms with Crippen molar-refractivity contribution in [3.05, 3.63) is 0 Å². The molecule has 0 N–H and O–H groups in total. The Balaban J connectivity index is -0.000000208. The van der Waals surface area contributed by atoms with Crippen LogP contribution in [0.25, 0.3) is 0 Å². The maximum atomic E-state index is 10.4. The minimum Gasteiger partial charge on any atom is -0.172 e. The molecular formula is C18H39F3. The van der Waals surface area contributed by atoms with Crippen molar-refractivity contribution in [1.29, 1.82) is 0 Å². The molecule has 0 aliphatic heterocycles. The average molecular weight is 313 g/mol. The van der Waals surface area contributed by atoms with Crippen LogP contribution in [0.1, 0.15) is 112 Å². The molecule has 21 heavy (non-hydrogen) atoms. The lowest BCUT2D eigenvalue weighted by Crippen LogP contribution is -1.95. The fraction of sp³-hybridized carbons (Fsp3) is 1.00. The fourth-order valence-corrected chi connectivity index (χ4v) is 2.12. The van der Waals surface area contributed by atoms with Gasteiger partial charge in [0.1, 0.15) is 0 Å². The Morgan fingerprint density at radius 1 is 0.429 bits per heavy atom. The molecule has 0 aromatic heterocycles. The van der Waals surface area contributed by atoms with Crippen molar-refractivity contribution in [1.82, 2.24) is 0 Å². The maximum Gasteiger partial charge on any atom is 0.386 e. The predicted octanol–water partition coefficient (Wildman–Crippen LogP) is 8.30. The lowest BCUT2D eigenvalue weighted by molar-refractivity contribution is -0.110. The zero-order valence-electron chi connectivity index (χ0n) is 15.1. The number of hydrogen-bond donors (Lipinski definition) is 0. The summed E-state index contributed by atoms with van der Waals surface area (Å²) in [4.78, 5) is 0. The molecule has 0 atom stereocenters. The molecule has 0 aromatic carbocycles. The van der Waals surface area contributed by atoms with E-state index in [-0.39, 0.29) is 6.92 Å². The highest BCUT2D eigenvalue weighted by Crippen LogP contribution is 2.15. The maximum absolute atomic E-state index is 10.4. The molecule has 0 aromatic rings. The molecule has 0 heterocycles. The summed E-state index contributed by atoms with van der Waals surface area (Å²) in [5.74, 6) is 0. The van der Waals surface area contributed by atoms with Crippen LogP contribution in [0.4, 0.5) is 13.2 Å². The summed E-state index contributed by atoms with van der Waals surface area (Å²) >= 11 is 0. The van der Waals surface area contributed by atoms with Crippen molar-refractivity contribution in [2.45, 2.75) is 118 Å². The molecule has 0 radical (unpaired) electrons. The summed E-state index contributed by atoms with van der Waals surface area (Å²) in [7, 11) is 0. The van der Waals surface area contributed by atoms with Crippen molar-refractivity contribution in [2.75, 3.05) is 0 Å². The van der Waals surface area contributed by atoms with E-state index in [1.807, 2.05) is 27.7 Å². The van der Waals surface area contributed by atoms with E-state index in [0.717, 1.165) is 0 Å². The van der Waals surface area contributed by atoms with Crippen LogP contribution in [0, 0.1) is 0 Å². The molecule has 0 nitrogen and oxygen atoms in total. The number of hydrogen-bond acceptors (Lipinski definition) is 0. The van der Waals surface area contributed by atoms with Crippen LogP contribution in [-0.4, -0.2) is 6.18 Å². The summed E-state index contributed by atoms with van der Waals surface area (Å²) in [5.41, 5.74) is 0. The summed E-state index contributed by atoms with van der Waals surface area (Å²) in [6, 6.07) is 0. The molecular weight excluding hydrogens is 273 g/mol. The highest BCUT2D eigenvalue weighted by Gasteiger charge is 2.15. The Morgan fingerprint density at radius 3 is 0.524 bits per heavy atom. The van der Waals surface area contributed by atoms with Gasteiger partial charge in [-0.3, -0.25) is 0 Å². The van der Waals surface area contributed by atoms with Gasteiger partial charge in [0.05, 0.1) is 0 Å². The second-order valence-corrected chi connectivity index (χ2v) is 5.02. The van der Waals surface area contributed by atoms with Crippen LogP contribution in [-0.2, 0) is 0 Å². The quantitative estimate of drug-likeness (QED) is 0.422. The third-order valence-corrected chi connectivity index (χ3v) is 3.00. The second-order valence-electron chi connectivity index (χ2n) is 5.02. The molecule has 0 unspecified atom stereocenters. The highest BCUT2D eigenvalue weighted by atomic mass is 19.4. The average Bonchev–Trinajstić information content (AvgIpc) is 2.54. The van der Waals surface area contributed by atoms with Gasteiger partial charge in [0.2, 0.25) is 0 Å². The Kier molecular flexibility index (Phi) is 27.0. The van der Waals surface area contributed by atoms with E-state index in [1.165, 1.54) is 77.0 Å². The Labute approximate surface area is 131 Å². The zero-order valence-corrected chi connectivity index (χ0v) is 15.1. The number of alkyl halides is 3. The van der Waals surface area contributed by atoms with Gasteiger partial charge < -0.3 is 0 Å². The van der Waals surface area contributed by atoms with Crippen LogP contribution >= 0.6 is 0 Å². The number of rotatable bonds is 0. The fourth-order valence-electron chi connectivity index (χ4n) is 2.12. The topological polar surface area (TPSA) is 0 Å². The first-order valence-corrected chi connectivity index (χ1v) is 9.07. The standard InChI is InChI=1S/2C6H12.C2H3F3.2C2H6/c2*1-2-4-6-5-3-1;1-2(3,4)5;2*1-2/h2*1-6H2;1H3;2*1-2H3.